The summed E-state index contributed by atoms with van der Waals surface area (Å²) in [7, 11) is 0. The molecule has 21 heavy (non-hydrogen) atoms. The second-order valence-electron chi connectivity index (χ2n) is 4.73. The SMILES string of the molecule is Cc1ccc(O)c(NC(=O)c2cccc3c2OCCN3)n1. The Hall–Kier alpha value is -2.76. The molecule has 1 aromatic carbocycles. The zero-order chi connectivity index (χ0) is 14.8. The molecule has 0 fully saturated rings. The van der Waals surface area contributed by atoms with Gasteiger partial charge in [-0.2, -0.15) is 0 Å². The van der Waals surface area contributed by atoms with Gasteiger partial charge < -0.3 is 20.5 Å². The lowest BCUT2D eigenvalue weighted by atomic mass is 10.1. The third-order valence-corrected chi connectivity index (χ3v) is 3.17. The van der Waals surface area contributed by atoms with Crippen molar-refractivity contribution in [2.24, 2.45) is 0 Å². The van der Waals surface area contributed by atoms with Crippen LogP contribution in [0, 0.1) is 6.92 Å². The summed E-state index contributed by atoms with van der Waals surface area (Å²) in [6, 6.07) is 8.47. The number of pyridine rings is 1. The molecule has 0 unspecified atom stereocenters. The number of hydrogen-bond donors (Lipinski definition) is 3. The fourth-order valence-electron chi connectivity index (χ4n) is 2.17. The molecule has 2 heterocycles. The first-order chi connectivity index (χ1) is 10.1. The van der Waals surface area contributed by atoms with Gasteiger partial charge >= 0.3 is 0 Å². The normalized spacial score (nSPS) is 12.8. The molecule has 3 rings (SSSR count). The lowest BCUT2D eigenvalue weighted by Gasteiger charge is -2.21. The average molecular weight is 285 g/mol. The molecule has 0 atom stereocenters. The molecule has 6 nitrogen and oxygen atoms in total. The Morgan fingerprint density at radius 1 is 1.38 bits per heavy atom. The van der Waals surface area contributed by atoms with E-state index in [1.54, 1.807) is 25.1 Å². The molecular weight excluding hydrogens is 270 g/mol. The molecule has 6 heteroatoms. The minimum atomic E-state index is -0.371. The van der Waals surface area contributed by atoms with Gasteiger partial charge in [-0.05, 0) is 31.2 Å². The average Bonchev–Trinajstić information content (AvgIpc) is 2.50. The number of nitrogens with zero attached hydrogens (tertiary/aromatic N) is 1. The molecule has 0 bridgehead atoms. The fraction of sp³-hybridized carbons (Fsp3) is 0.200. The van der Waals surface area contributed by atoms with Gasteiger partial charge in [-0.15, -0.1) is 0 Å². The molecule has 3 N–H and O–H groups in total. The summed E-state index contributed by atoms with van der Waals surface area (Å²) in [5.74, 6) is 0.219. The molecule has 108 valence electrons. The van der Waals surface area contributed by atoms with Crippen molar-refractivity contribution < 1.29 is 14.6 Å². The third-order valence-electron chi connectivity index (χ3n) is 3.17. The van der Waals surface area contributed by atoms with Crippen LogP contribution in [0.1, 0.15) is 16.1 Å². The number of nitrogens with one attached hydrogen (secondary N) is 2. The summed E-state index contributed by atoms with van der Waals surface area (Å²) in [6.45, 7) is 3.00. The maximum atomic E-state index is 12.4. The van der Waals surface area contributed by atoms with E-state index in [9.17, 15) is 9.90 Å². The summed E-state index contributed by atoms with van der Waals surface area (Å²) in [5, 5.41) is 15.5. The van der Waals surface area contributed by atoms with Crippen LogP contribution in [0.5, 0.6) is 11.5 Å². The molecule has 1 amide bonds. The van der Waals surface area contributed by atoms with E-state index < -0.39 is 0 Å². The zero-order valence-electron chi connectivity index (χ0n) is 11.5. The van der Waals surface area contributed by atoms with E-state index in [0.29, 0.717) is 30.2 Å². The first kappa shape index (κ1) is 13.2. The zero-order valence-corrected chi connectivity index (χ0v) is 11.5. The number of carbonyl (C=O) groups is 1. The minimum Gasteiger partial charge on any atom is -0.504 e. The molecular formula is C15H15N3O3. The van der Waals surface area contributed by atoms with Crippen molar-refractivity contribution in [1.29, 1.82) is 0 Å². The number of aromatic hydroxyl groups is 1. The summed E-state index contributed by atoms with van der Waals surface area (Å²) in [5.41, 5.74) is 1.90. The van der Waals surface area contributed by atoms with Crippen LogP contribution in [0.4, 0.5) is 11.5 Å². The van der Waals surface area contributed by atoms with Crippen LogP contribution in [0.3, 0.4) is 0 Å². The molecule has 0 aliphatic carbocycles. The number of aryl methyl sites for hydroxylation is 1. The van der Waals surface area contributed by atoms with Crippen molar-refractivity contribution in [2.45, 2.75) is 6.92 Å². The summed E-state index contributed by atoms with van der Waals surface area (Å²) in [6.07, 6.45) is 0. The Morgan fingerprint density at radius 2 is 2.24 bits per heavy atom. The van der Waals surface area contributed by atoms with Crippen molar-refractivity contribution in [3.63, 3.8) is 0 Å². The van der Waals surface area contributed by atoms with E-state index in [1.807, 2.05) is 6.07 Å². The van der Waals surface area contributed by atoms with Crippen LogP contribution in [-0.2, 0) is 0 Å². The minimum absolute atomic E-state index is 0.0715. The Balaban J connectivity index is 1.91. The van der Waals surface area contributed by atoms with Gasteiger partial charge in [0.15, 0.2) is 17.3 Å². The summed E-state index contributed by atoms with van der Waals surface area (Å²) < 4.78 is 5.56. The first-order valence-corrected chi connectivity index (χ1v) is 6.63. The van der Waals surface area contributed by atoms with E-state index in [0.717, 1.165) is 5.69 Å². The number of amides is 1. The lowest BCUT2D eigenvalue weighted by molar-refractivity contribution is 0.102. The van der Waals surface area contributed by atoms with Crippen molar-refractivity contribution in [2.75, 3.05) is 23.8 Å². The van der Waals surface area contributed by atoms with Gasteiger partial charge in [0.05, 0.1) is 11.3 Å². The Labute approximate surface area is 121 Å². The maximum Gasteiger partial charge on any atom is 0.260 e. The van der Waals surface area contributed by atoms with Crippen LogP contribution in [0.25, 0.3) is 0 Å². The first-order valence-electron chi connectivity index (χ1n) is 6.63. The van der Waals surface area contributed by atoms with Gasteiger partial charge in [0.1, 0.15) is 6.61 Å². The highest BCUT2D eigenvalue weighted by Crippen LogP contribution is 2.32. The summed E-state index contributed by atoms with van der Waals surface area (Å²) >= 11 is 0. The second-order valence-corrected chi connectivity index (χ2v) is 4.73. The molecule has 2 aromatic rings. The van der Waals surface area contributed by atoms with Crippen molar-refractivity contribution >= 4 is 17.4 Å². The molecule has 0 saturated carbocycles. The van der Waals surface area contributed by atoms with E-state index >= 15 is 0 Å². The van der Waals surface area contributed by atoms with Crippen LogP contribution in [0.15, 0.2) is 30.3 Å². The smallest absolute Gasteiger partial charge is 0.260 e. The number of carbonyl (C=O) groups excluding carboxylic acids is 1. The quantitative estimate of drug-likeness (QED) is 0.787. The van der Waals surface area contributed by atoms with Gasteiger partial charge in [-0.1, -0.05) is 6.07 Å². The number of fused-ring (bicyclic) bond motifs is 1. The lowest BCUT2D eigenvalue weighted by Crippen LogP contribution is -2.22. The second kappa shape index (κ2) is 5.32. The highest BCUT2D eigenvalue weighted by atomic mass is 16.5. The van der Waals surface area contributed by atoms with Crippen LogP contribution >= 0.6 is 0 Å². The third kappa shape index (κ3) is 2.60. The molecule has 1 aromatic heterocycles. The van der Waals surface area contributed by atoms with Gasteiger partial charge in [0, 0.05) is 12.2 Å². The maximum absolute atomic E-state index is 12.4. The van der Waals surface area contributed by atoms with Gasteiger partial charge in [0.2, 0.25) is 0 Å². The predicted molar refractivity (Wildman–Crippen MR) is 79.0 cm³/mol. The number of ether oxygens (including phenoxy) is 1. The topological polar surface area (TPSA) is 83.5 Å². The molecule has 1 aliphatic heterocycles. The Kier molecular flexibility index (Phi) is 3.35. The highest BCUT2D eigenvalue weighted by molar-refractivity contribution is 6.07. The number of rotatable bonds is 2. The number of hydrogen-bond acceptors (Lipinski definition) is 5. The van der Waals surface area contributed by atoms with Crippen molar-refractivity contribution in [1.82, 2.24) is 4.98 Å². The van der Waals surface area contributed by atoms with Crippen molar-refractivity contribution in [3.8, 4) is 11.5 Å². The van der Waals surface area contributed by atoms with E-state index in [4.69, 9.17) is 4.74 Å². The number of aromatic nitrogens is 1. The molecule has 1 aliphatic rings. The number of para-hydroxylation sites is 1. The van der Waals surface area contributed by atoms with Crippen molar-refractivity contribution in [3.05, 3.63) is 41.6 Å². The monoisotopic (exact) mass is 285 g/mol. The van der Waals surface area contributed by atoms with E-state index in [2.05, 4.69) is 15.6 Å². The highest BCUT2D eigenvalue weighted by Gasteiger charge is 2.20. The fourth-order valence-corrected chi connectivity index (χ4v) is 2.17. The Bertz CT molecular complexity index is 701. The van der Waals surface area contributed by atoms with Crippen LogP contribution < -0.4 is 15.4 Å². The number of benzene rings is 1. The van der Waals surface area contributed by atoms with Crippen LogP contribution in [-0.4, -0.2) is 29.1 Å². The predicted octanol–water partition coefficient (Wildman–Crippen LogP) is 2.15. The standard InChI is InChI=1S/C15H15N3O3/c1-9-5-6-12(19)14(17-9)18-15(20)10-3-2-4-11-13(10)21-8-7-16-11/h2-6,16,19H,7-8H2,1H3,(H,17,18,20). The molecule has 0 saturated heterocycles. The Morgan fingerprint density at radius 3 is 3.10 bits per heavy atom. The van der Waals surface area contributed by atoms with E-state index in [1.165, 1.54) is 6.07 Å². The molecule has 0 radical (unpaired) electrons. The van der Waals surface area contributed by atoms with Gasteiger partial charge in [-0.25, -0.2) is 4.98 Å². The van der Waals surface area contributed by atoms with Gasteiger partial charge in [-0.3, -0.25) is 4.79 Å². The van der Waals surface area contributed by atoms with E-state index in [-0.39, 0.29) is 17.5 Å². The van der Waals surface area contributed by atoms with Gasteiger partial charge in [0.25, 0.3) is 5.91 Å². The summed E-state index contributed by atoms with van der Waals surface area (Å²) in [4.78, 5) is 16.5. The molecule has 0 spiro atoms. The number of anilines is 2. The van der Waals surface area contributed by atoms with Crippen LogP contribution in [0.2, 0.25) is 0 Å². The largest absolute Gasteiger partial charge is 0.504 e.